The summed E-state index contributed by atoms with van der Waals surface area (Å²) in [5.41, 5.74) is 0.953. The lowest BCUT2D eigenvalue weighted by Crippen LogP contribution is -2.62. The molecule has 4 saturated carbocycles. The molecule has 1 aromatic rings. The van der Waals surface area contributed by atoms with Crippen LogP contribution in [0.25, 0.3) is 0 Å². The fourth-order valence-electron chi connectivity index (χ4n) is 6.14. The summed E-state index contributed by atoms with van der Waals surface area (Å²) in [6, 6.07) is 5.84. The number of amides is 1. The molecule has 0 aromatic carbocycles. The molecule has 4 nitrogen and oxygen atoms in total. The summed E-state index contributed by atoms with van der Waals surface area (Å²) < 4.78 is 5.93. The van der Waals surface area contributed by atoms with Gasteiger partial charge in [0.1, 0.15) is 6.10 Å². The standard InChI is InChI=1S/C20H26N2O2/c1-13-3-2-4-18(21-13)24-17-11-22(12-17)19(23)20-8-14-5-15(9-20)7-16(6-14)10-20/h2-4,14-17H,5-12H2,1H3. The van der Waals surface area contributed by atoms with Crippen LogP contribution in [0.1, 0.15) is 44.2 Å². The van der Waals surface area contributed by atoms with E-state index in [0.717, 1.165) is 55.8 Å². The maximum absolute atomic E-state index is 13.2. The second-order valence-corrected chi connectivity index (χ2v) is 8.77. The van der Waals surface area contributed by atoms with Crippen LogP contribution in [0.15, 0.2) is 18.2 Å². The highest BCUT2D eigenvalue weighted by atomic mass is 16.5. The molecule has 1 saturated heterocycles. The van der Waals surface area contributed by atoms with Gasteiger partial charge in [0.2, 0.25) is 11.8 Å². The number of carbonyl (C=O) groups excluding carboxylic acids is 1. The highest BCUT2D eigenvalue weighted by Crippen LogP contribution is 2.60. The molecule has 128 valence electrons. The molecule has 5 fully saturated rings. The molecule has 4 aliphatic carbocycles. The van der Waals surface area contributed by atoms with Crippen LogP contribution in [0, 0.1) is 30.1 Å². The van der Waals surface area contributed by atoms with Gasteiger partial charge in [0, 0.05) is 11.8 Å². The van der Waals surface area contributed by atoms with Gasteiger partial charge in [-0.3, -0.25) is 4.79 Å². The maximum Gasteiger partial charge on any atom is 0.229 e. The molecule has 0 unspecified atom stereocenters. The number of aromatic nitrogens is 1. The Morgan fingerprint density at radius 1 is 1.12 bits per heavy atom. The summed E-state index contributed by atoms with van der Waals surface area (Å²) >= 11 is 0. The Balaban J connectivity index is 1.22. The van der Waals surface area contributed by atoms with E-state index in [0.29, 0.717) is 11.8 Å². The first-order chi connectivity index (χ1) is 11.6. The molecule has 1 amide bonds. The smallest absolute Gasteiger partial charge is 0.229 e. The fourth-order valence-corrected chi connectivity index (χ4v) is 6.14. The van der Waals surface area contributed by atoms with Crippen molar-refractivity contribution in [1.29, 1.82) is 0 Å². The van der Waals surface area contributed by atoms with Crippen LogP contribution in [0.3, 0.4) is 0 Å². The molecule has 0 N–H and O–H groups in total. The van der Waals surface area contributed by atoms with Crippen molar-refractivity contribution in [2.45, 2.75) is 51.6 Å². The SMILES string of the molecule is Cc1cccc(OC2CN(C(=O)C34CC5CC(CC(C5)C3)C4)C2)n1. The molecular formula is C20H26N2O2. The van der Waals surface area contributed by atoms with Gasteiger partial charge in [-0.05, 0) is 69.3 Å². The number of hydrogen-bond acceptors (Lipinski definition) is 3. The number of aryl methyl sites for hydroxylation is 1. The summed E-state index contributed by atoms with van der Waals surface area (Å²) in [5, 5.41) is 0. The van der Waals surface area contributed by atoms with E-state index in [1.807, 2.05) is 30.0 Å². The van der Waals surface area contributed by atoms with E-state index in [-0.39, 0.29) is 11.5 Å². The molecule has 24 heavy (non-hydrogen) atoms. The summed E-state index contributed by atoms with van der Waals surface area (Å²) in [6.07, 6.45) is 7.72. The van der Waals surface area contributed by atoms with Gasteiger partial charge in [-0.1, -0.05) is 6.07 Å². The van der Waals surface area contributed by atoms with Crippen LogP contribution in [-0.4, -0.2) is 35.0 Å². The Morgan fingerprint density at radius 2 is 1.75 bits per heavy atom. The molecule has 0 spiro atoms. The third-order valence-electron chi connectivity index (χ3n) is 6.78. The number of nitrogens with zero attached hydrogens (tertiary/aromatic N) is 2. The zero-order valence-corrected chi connectivity index (χ0v) is 14.4. The Morgan fingerprint density at radius 3 is 2.33 bits per heavy atom. The fraction of sp³-hybridized carbons (Fsp3) is 0.700. The van der Waals surface area contributed by atoms with Crippen molar-refractivity contribution in [3.05, 3.63) is 23.9 Å². The minimum Gasteiger partial charge on any atom is -0.471 e. The van der Waals surface area contributed by atoms with Gasteiger partial charge in [-0.25, -0.2) is 4.98 Å². The Labute approximate surface area is 143 Å². The predicted octanol–water partition coefficient (Wildman–Crippen LogP) is 3.20. The number of ether oxygens (including phenoxy) is 1. The molecular weight excluding hydrogens is 300 g/mol. The average Bonchev–Trinajstić information content (AvgIpc) is 2.48. The molecule has 1 aromatic heterocycles. The van der Waals surface area contributed by atoms with Crippen molar-refractivity contribution >= 4 is 5.91 Å². The first kappa shape index (κ1) is 14.7. The van der Waals surface area contributed by atoms with E-state index in [2.05, 4.69) is 4.98 Å². The highest BCUT2D eigenvalue weighted by molar-refractivity contribution is 5.84. The van der Waals surface area contributed by atoms with E-state index in [1.165, 1.54) is 19.3 Å². The van der Waals surface area contributed by atoms with Crippen LogP contribution < -0.4 is 4.74 Å². The van der Waals surface area contributed by atoms with E-state index in [9.17, 15) is 4.79 Å². The number of carbonyl (C=O) groups is 1. The lowest BCUT2D eigenvalue weighted by Gasteiger charge is -2.57. The topological polar surface area (TPSA) is 42.4 Å². The largest absolute Gasteiger partial charge is 0.471 e. The lowest BCUT2D eigenvalue weighted by molar-refractivity contribution is -0.166. The third kappa shape index (κ3) is 2.34. The van der Waals surface area contributed by atoms with Crippen molar-refractivity contribution in [2.75, 3.05) is 13.1 Å². The lowest BCUT2D eigenvalue weighted by atomic mass is 9.49. The highest BCUT2D eigenvalue weighted by Gasteiger charge is 2.56. The number of pyridine rings is 1. The van der Waals surface area contributed by atoms with Crippen LogP contribution in [0.4, 0.5) is 0 Å². The molecule has 1 aliphatic heterocycles. The summed E-state index contributed by atoms with van der Waals surface area (Å²) in [7, 11) is 0. The minimum absolute atomic E-state index is 0.0126. The van der Waals surface area contributed by atoms with Crippen LogP contribution in [0.5, 0.6) is 5.88 Å². The van der Waals surface area contributed by atoms with Gasteiger partial charge < -0.3 is 9.64 Å². The molecule has 5 aliphatic rings. The average molecular weight is 326 g/mol. The number of rotatable bonds is 3. The summed E-state index contributed by atoms with van der Waals surface area (Å²) in [4.78, 5) is 19.6. The van der Waals surface area contributed by atoms with Crippen molar-refractivity contribution in [3.8, 4) is 5.88 Å². The number of hydrogen-bond donors (Lipinski definition) is 0. The van der Waals surface area contributed by atoms with Gasteiger partial charge in [0.05, 0.1) is 18.5 Å². The zero-order valence-electron chi connectivity index (χ0n) is 14.4. The minimum atomic E-state index is -0.0126. The summed E-state index contributed by atoms with van der Waals surface area (Å²) in [6.45, 7) is 3.43. The quantitative estimate of drug-likeness (QED) is 0.856. The molecule has 6 rings (SSSR count). The van der Waals surface area contributed by atoms with Crippen LogP contribution in [0.2, 0.25) is 0 Å². The molecule has 2 heterocycles. The first-order valence-electron chi connectivity index (χ1n) is 9.49. The Hall–Kier alpha value is -1.58. The molecule has 4 bridgehead atoms. The van der Waals surface area contributed by atoms with E-state index < -0.39 is 0 Å². The Kier molecular flexibility index (Phi) is 3.20. The Bertz CT molecular complexity index is 630. The number of likely N-dealkylation sites (tertiary alicyclic amines) is 1. The second kappa shape index (κ2) is 5.21. The van der Waals surface area contributed by atoms with Crippen molar-refractivity contribution in [3.63, 3.8) is 0 Å². The maximum atomic E-state index is 13.2. The van der Waals surface area contributed by atoms with Gasteiger partial charge in [0.15, 0.2) is 0 Å². The summed E-state index contributed by atoms with van der Waals surface area (Å²) in [5.74, 6) is 3.58. The zero-order chi connectivity index (χ0) is 16.3. The molecule has 0 radical (unpaired) electrons. The van der Waals surface area contributed by atoms with Crippen molar-refractivity contribution in [1.82, 2.24) is 9.88 Å². The van der Waals surface area contributed by atoms with Gasteiger partial charge in [0.25, 0.3) is 0 Å². The van der Waals surface area contributed by atoms with Gasteiger partial charge >= 0.3 is 0 Å². The normalized spacial score (nSPS) is 37.4. The van der Waals surface area contributed by atoms with Crippen LogP contribution >= 0.6 is 0 Å². The second-order valence-electron chi connectivity index (χ2n) is 8.77. The monoisotopic (exact) mass is 326 g/mol. The van der Waals surface area contributed by atoms with Crippen LogP contribution in [-0.2, 0) is 4.79 Å². The van der Waals surface area contributed by atoms with Crippen molar-refractivity contribution in [2.24, 2.45) is 23.2 Å². The first-order valence-corrected chi connectivity index (χ1v) is 9.49. The third-order valence-corrected chi connectivity index (χ3v) is 6.78. The van der Waals surface area contributed by atoms with Crippen molar-refractivity contribution < 1.29 is 9.53 Å². The van der Waals surface area contributed by atoms with Gasteiger partial charge in [-0.2, -0.15) is 0 Å². The molecule has 4 heteroatoms. The molecule has 0 atom stereocenters. The van der Waals surface area contributed by atoms with E-state index >= 15 is 0 Å². The van der Waals surface area contributed by atoms with Gasteiger partial charge in [-0.15, -0.1) is 0 Å². The predicted molar refractivity (Wildman–Crippen MR) is 90.6 cm³/mol. The van der Waals surface area contributed by atoms with E-state index in [1.54, 1.807) is 0 Å². The van der Waals surface area contributed by atoms with E-state index in [4.69, 9.17) is 4.74 Å².